The Kier molecular flexibility index (Phi) is 9.02. The zero-order chi connectivity index (χ0) is 25.5. The number of aromatic nitrogens is 2. The molecular weight excluding hydrogens is 530 g/mol. The Bertz CT molecular complexity index is 1160. The van der Waals surface area contributed by atoms with Crippen LogP contribution in [0.1, 0.15) is 55.5 Å². The SMILES string of the molecule is O=C(NCc1ccc(CN2CCCCCC2)cc1)C1CCCN(Cc2nc(-c3cccc(Br)c3)no2)C1. The van der Waals surface area contributed by atoms with Gasteiger partial charge in [0.1, 0.15) is 0 Å². The lowest BCUT2D eigenvalue weighted by Gasteiger charge is -2.30. The highest BCUT2D eigenvalue weighted by Gasteiger charge is 2.27. The topological polar surface area (TPSA) is 74.5 Å². The van der Waals surface area contributed by atoms with Gasteiger partial charge < -0.3 is 9.84 Å². The summed E-state index contributed by atoms with van der Waals surface area (Å²) in [5.74, 6) is 1.26. The van der Waals surface area contributed by atoms with Crippen LogP contribution in [0.2, 0.25) is 0 Å². The fourth-order valence-corrected chi connectivity index (χ4v) is 5.72. The highest BCUT2D eigenvalue weighted by molar-refractivity contribution is 9.10. The van der Waals surface area contributed by atoms with Gasteiger partial charge in [-0.25, -0.2) is 0 Å². The van der Waals surface area contributed by atoms with Crippen molar-refractivity contribution < 1.29 is 9.32 Å². The van der Waals surface area contributed by atoms with Crippen LogP contribution in [-0.4, -0.2) is 52.0 Å². The summed E-state index contributed by atoms with van der Waals surface area (Å²) in [6, 6.07) is 16.6. The van der Waals surface area contributed by atoms with E-state index in [9.17, 15) is 4.79 Å². The van der Waals surface area contributed by atoms with Crippen molar-refractivity contribution in [3.05, 3.63) is 70.0 Å². The molecule has 1 aromatic heterocycles. The predicted molar refractivity (Wildman–Crippen MR) is 147 cm³/mol. The van der Waals surface area contributed by atoms with Crippen LogP contribution in [0.3, 0.4) is 0 Å². The van der Waals surface area contributed by atoms with Crippen LogP contribution in [0.4, 0.5) is 0 Å². The van der Waals surface area contributed by atoms with Crippen LogP contribution >= 0.6 is 15.9 Å². The van der Waals surface area contributed by atoms with Crippen molar-refractivity contribution in [1.82, 2.24) is 25.3 Å². The maximum absolute atomic E-state index is 13.0. The summed E-state index contributed by atoms with van der Waals surface area (Å²) >= 11 is 3.48. The Balaban J connectivity index is 1.08. The molecule has 0 bridgehead atoms. The number of benzene rings is 2. The standard InChI is InChI=1S/C29H36BrN5O2/c30-26-9-5-7-24(17-26)28-32-27(37-33-28)21-35-16-6-8-25(20-35)29(36)31-18-22-10-12-23(13-11-22)19-34-14-3-1-2-4-15-34/h5,7,9-13,17,25H,1-4,6,8,14-16,18-21H2,(H,31,36). The first-order valence-corrected chi connectivity index (χ1v) is 14.3. The lowest BCUT2D eigenvalue weighted by Crippen LogP contribution is -2.42. The summed E-state index contributed by atoms with van der Waals surface area (Å²) in [6.45, 7) is 6.19. The molecule has 0 radical (unpaired) electrons. The molecule has 37 heavy (non-hydrogen) atoms. The van der Waals surface area contributed by atoms with Crippen molar-refractivity contribution in [2.24, 2.45) is 5.92 Å². The van der Waals surface area contributed by atoms with Crippen molar-refractivity contribution in [1.29, 1.82) is 0 Å². The number of halogens is 1. The number of rotatable bonds is 8. The second kappa shape index (κ2) is 12.8. The molecule has 1 amide bonds. The lowest BCUT2D eigenvalue weighted by atomic mass is 9.97. The quantitative estimate of drug-likeness (QED) is 0.394. The number of piperidine rings is 1. The number of amides is 1. The molecule has 0 spiro atoms. The lowest BCUT2D eigenvalue weighted by molar-refractivity contribution is -0.127. The Morgan fingerprint density at radius 1 is 0.946 bits per heavy atom. The minimum atomic E-state index is -0.0245. The van der Waals surface area contributed by atoms with Gasteiger partial charge in [-0.15, -0.1) is 0 Å². The Morgan fingerprint density at radius 2 is 1.70 bits per heavy atom. The molecule has 2 saturated heterocycles. The maximum Gasteiger partial charge on any atom is 0.241 e. The molecule has 1 atom stereocenters. The van der Waals surface area contributed by atoms with Gasteiger partial charge in [-0.2, -0.15) is 4.98 Å². The molecule has 2 aliphatic heterocycles. The van der Waals surface area contributed by atoms with E-state index in [2.05, 4.69) is 65.5 Å². The first-order chi connectivity index (χ1) is 18.1. The first-order valence-electron chi connectivity index (χ1n) is 13.5. The molecule has 1 N–H and O–H groups in total. The van der Waals surface area contributed by atoms with Crippen LogP contribution in [0.25, 0.3) is 11.4 Å². The van der Waals surface area contributed by atoms with Crippen molar-refractivity contribution in [3.63, 3.8) is 0 Å². The van der Waals surface area contributed by atoms with Crippen molar-refractivity contribution in [2.45, 2.75) is 58.2 Å². The van der Waals surface area contributed by atoms with E-state index >= 15 is 0 Å². The van der Waals surface area contributed by atoms with Gasteiger partial charge in [0.05, 0.1) is 12.5 Å². The van der Waals surface area contributed by atoms with E-state index in [0.717, 1.165) is 41.5 Å². The number of likely N-dealkylation sites (tertiary alicyclic amines) is 2. The molecule has 5 rings (SSSR count). The normalized spacial score (nSPS) is 19.4. The highest BCUT2D eigenvalue weighted by Crippen LogP contribution is 2.23. The fraction of sp³-hybridized carbons (Fsp3) is 0.483. The van der Waals surface area contributed by atoms with Crippen LogP contribution < -0.4 is 5.32 Å². The third-order valence-electron chi connectivity index (χ3n) is 7.38. The molecule has 0 aliphatic carbocycles. The summed E-state index contributed by atoms with van der Waals surface area (Å²) in [4.78, 5) is 22.3. The largest absolute Gasteiger partial charge is 0.352 e. The number of nitrogens with one attached hydrogen (secondary N) is 1. The second-order valence-corrected chi connectivity index (χ2v) is 11.2. The average molecular weight is 567 g/mol. The predicted octanol–water partition coefficient (Wildman–Crippen LogP) is 5.40. The smallest absolute Gasteiger partial charge is 0.241 e. The Morgan fingerprint density at radius 3 is 2.49 bits per heavy atom. The molecule has 3 aromatic rings. The summed E-state index contributed by atoms with van der Waals surface area (Å²) in [5, 5.41) is 7.30. The third kappa shape index (κ3) is 7.49. The summed E-state index contributed by atoms with van der Waals surface area (Å²) in [5.41, 5.74) is 3.41. The van der Waals surface area contributed by atoms with E-state index in [-0.39, 0.29) is 11.8 Å². The molecule has 0 saturated carbocycles. The molecular formula is C29H36BrN5O2. The van der Waals surface area contributed by atoms with Crippen molar-refractivity contribution >= 4 is 21.8 Å². The number of hydrogen-bond acceptors (Lipinski definition) is 6. The van der Waals surface area contributed by atoms with Crippen LogP contribution in [-0.2, 0) is 24.4 Å². The minimum Gasteiger partial charge on any atom is -0.352 e. The van der Waals surface area contributed by atoms with Gasteiger partial charge in [0.15, 0.2) is 0 Å². The second-order valence-electron chi connectivity index (χ2n) is 10.3. The molecule has 1 unspecified atom stereocenters. The molecule has 2 aromatic carbocycles. The maximum atomic E-state index is 13.0. The molecule has 3 heterocycles. The van der Waals surface area contributed by atoms with Gasteiger partial charge in [0.2, 0.25) is 17.6 Å². The Hall–Kier alpha value is -2.55. The van der Waals surface area contributed by atoms with Crippen LogP contribution in [0.5, 0.6) is 0 Å². The van der Waals surface area contributed by atoms with E-state index in [4.69, 9.17) is 4.52 Å². The zero-order valence-corrected chi connectivity index (χ0v) is 23.0. The van der Waals surface area contributed by atoms with E-state index in [0.29, 0.717) is 31.3 Å². The van der Waals surface area contributed by atoms with Gasteiger partial charge in [-0.1, -0.05) is 70.3 Å². The summed E-state index contributed by atoms with van der Waals surface area (Å²) in [7, 11) is 0. The fourth-order valence-electron chi connectivity index (χ4n) is 5.32. The zero-order valence-electron chi connectivity index (χ0n) is 21.4. The van der Waals surface area contributed by atoms with E-state index < -0.39 is 0 Å². The highest BCUT2D eigenvalue weighted by atomic mass is 79.9. The number of nitrogens with zero attached hydrogens (tertiary/aromatic N) is 4. The first kappa shape index (κ1) is 26.1. The molecule has 2 fully saturated rings. The van der Waals surface area contributed by atoms with Crippen molar-refractivity contribution in [2.75, 3.05) is 26.2 Å². The molecule has 8 heteroatoms. The third-order valence-corrected chi connectivity index (χ3v) is 7.87. The van der Waals surface area contributed by atoms with E-state index in [1.807, 2.05) is 24.3 Å². The molecule has 2 aliphatic rings. The monoisotopic (exact) mass is 565 g/mol. The van der Waals surface area contributed by atoms with Gasteiger partial charge in [-0.3, -0.25) is 14.6 Å². The van der Waals surface area contributed by atoms with Crippen LogP contribution in [0, 0.1) is 5.92 Å². The van der Waals surface area contributed by atoms with E-state index in [1.165, 1.54) is 44.3 Å². The Labute approximate surface area is 227 Å². The average Bonchev–Trinajstić information content (AvgIpc) is 3.23. The van der Waals surface area contributed by atoms with Gasteiger partial charge in [0.25, 0.3) is 0 Å². The number of carbonyl (C=O) groups is 1. The number of carbonyl (C=O) groups excluding carboxylic acids is 1. The summed E-state index contributed by atoms with van der Waals surface area (Å²) in [6.07, 6.45) is 7.23. The van der Waals surface area contributed by atoms with E-state index in [1.54, 1.807) is 0 Å². The molecule has 196 valence electrons. The van der Waals surface area contributed by atoms with Gasteiger partial charge in [-0.05, 0) is 68.6 Å². The van der Waals surface area contributed by atoms with Gasteiger partial charge >= 0.3 is 0 Å². The minimum absolute atomic E-state index is 0.0245. The molecule has 7 nitrogen and oxygen atoms in total. The van der Waals surface area contributed by atoms with Crippen LogP contribution in [0.15, 0.2) is 57.5 Å². The number of hydrogen-bond donors (Lipinski definition) is 1. The van der Waals surface area contributed by atoms with Gasteiger partial charge in [0, 0.05) is 29.7 Å². The summed E-state index contributed by atoms with van der Waals surface area (Å²) < 4.78 is 6.48. The van der Waals surface area contributed by atoms with Crippen molar-refractivity contribution in [3.8, 4) is 11.4 Å².